The van der Waals surface area contributed by atoms with Gasteiger partial charge in [0, 0.05) is 12.7 Å². The van der Waals surface area contributed by atoms with Gasteiger partial charge in [0.15, 0.2) is 0 Å². The van der Waals surface area contributed by atoms with Gasteiger partial charge in [-0.05, 0) is 47.8 Å². The van der Waals surface area contributed by atoms with Gasteiger partial charge < -0.3 is 10.1 Å². The van der Waals surface area contributed by atoms with E-state index in [0.717, 1.165) is 15.6 Å². The molecule has 0 saturated heterocycles. The smallest absolute Gasteiger partial charge is 0.252 e. The summed E-state index contributed by atoms with van der Waals surface area (Å²) in [6.45, 7) is -0.294. The monoisotopic (exact) mass is 436 g/mol. The number of amides is 1. The molecule has 1 amide bonds. The van der Waals surface area contributed by atoms with Crippen molar-refractivity contribution in [2.45, 2.75) is 4.21 Å². The number of ether oxygens (including phenoxy) is 1. The number of likely N-dealkylation sites (N-methyl/N-ethyl adjacent to an activating group) is 1. The van der Waals surface area contributed by atoms with Gasteiger partial charge in [-0.2, -0.15) is 4.31 Å². The maximum absolute atomic E-state index is 12.4. The van der Waals surface area contributed by atoms with Crippen LogP contribution in [0, 0.1) is 0 Å². The standard InChI is InChI=1S/C19H17ClN2O4S2/c1-22(28(24,25)19-7-4-12-27-19)13-18(23)21-14-8-10-15(11-9-14)26-17-6-3-2-5-16(17)20/h2-12H,13H2,1H3,(H,21,23). The van der Waals surface area contributed by atoms with E-state index in [1.807, 2.05) is 12.1 Å². The number of carbonyl (C=O) groups excluding carboxylic acids is 1. The summed E-state index contributed by atoms with van der Waals surface area (Å²) in [5.41, 5.74) is 0.526. The highest BCUT2D eigenvalue weighted by atomic mass is 35.5. The first-order chi connectivity index (χ1) is 13.4. The Hall–Kier alpha value is -2.39. The summed E-state index contributed by atoms with van der Waals surface area (Å²) in [5, 5.41) is 4.84. The molecule has 0 atom stereocenters. The summed E-state index contributed by atoms with van der Waals surface area (Å²) in [6.07, 6.45) is 0. The van der Waals surface area contributed by atoms with Crippen molar-refractivity contribution in [2.24, 2.45) is 0 Å². The SMILES string of the molecule is CN(CC(=O)Nc1ccc(Oc2ccccc2Cl)cc1)S(=O)(=O)c1cccs1. The van der Waals surface area contributed by atoms with E-state index in [4.69, 9.17) is 16.3 Å². The van der Waals surface area contributed by atoms with E-state index in [0.29, 0.717) is 22.2 Å². The average Bonchev–Trinajstić information content (AvgIpc) is 3.20. The van der Waals surface area contributed by atoms with Gasteiger partial charge >= 0.3 is 0 Å². The zero-order valence-corrected chi connectivity index (χ0v) is 17.2. The van der Waals surface area contributed by atoms with Crippen molar-refractivity contribution in [1.29, 1.82) is 0 Å². The van der Waals surface area contributed by atoms with Crippen LogP contribution >= 0.6 is 22.9 Å². The highest BCUT2D eigenvalue weighted by Gasteiger charge is 2.23. The first kappa shape index (κ1) is 20.3. The second-order valence-corrected chi connectivity index (χ2v) is 9.42. The van der Waals surface area contributed by atoms with Crippen molar-refractivity contribution in [3.8, 4) is 11.5 Å². The van der Waals surface area contributed by atoms with Gasteiger partial charge in [0.25, 0.3) is 10.0 Å². The predicted molar refractivity (Wildman–Crippen MR) is 111 cm³/mol. The number of halogens is 1. The van der Waals surface area contributed by atoms with Crippen molar-refractivity contribution in [2.75, 3.05) is 18.9 Å². The van der Waals surface area contributed by atoms with Gasteiger partial charge in [0.05, 0.1) is 11.6 Å². The second kappa shape index (κ2) is 8.74. The van der Waals surface area contributed by atoms with E-state index in [-0.39, 0.29) is 10.8 Å². The highest BCUT2D eigenvalue weighted by molar-refractivity contribution is 7.91. The molecular formula is C19H17ClN2O4S2. The maximum atomic E-state index is 12.4. The molecule has 1 heterocycles. The van der Waals surface area contributed by atoms with Gasteiger partial charge in [-0.25, -0.2) is 8.42 Å². The molecule has 0 fully saturated rings. The lowest BCUT2D eigenvalue weighted by atomic mass is 10.3. The summed E-state index contributed by atoms with van der Waals surface area (Å²) in [6, 6.07) is 17.0. The summed E-state index contributed by atoms with van der Waals surface area (Å²) >= 11 is 7.17. The molecule has 3 aromatic rings. The molecule has 0 unspecified atom stereocenters. The average molecular weight is 437 g/mol. The first-order valence-electron chi connectivity index (χ1n) is 8.18. The third-order valence-corrected chi connectivity index (χ3v) is 7.22. The van der Waals surface area contributed by atoms with Gasteiger partial charge in [0.2, 0.25) is 5.91 Å². The number of para-hydroxylation sites is 1. The van der Waals surface area contributed by atoms with Crippen LogP contribution in [0.5, 0.6) is 11.5 Å². The Balaban J connectivity index is 1.59. The predicted octanol–water partition coefficient (Wildman–Crippen LogP) is 4.45. The first-order valence-corrected chi connectivity index (χ1v) is 10.9. The van der Waals surface area contributed by atoms with E-state index in [1.54, 1.807) is 47.8 Å². The van der Waals surface area contributed by atoms with Crippen LogP contribution in [0.4, 0.5) is 5.69 Å². The minimum Gasteiger partial charge on any atom is -0.456 e. The van der Waals surface area contributed by atoms with E-state index in [9.17, 15) is 13.2 Å². The molecule has 0 bridgehead atoms. The zero-order chi connectivity index (χ0) is 20.1. The minimum absolute atomic E-state index is 0.198. The molecule has 6 nitrogen and oxygen atoms in total. The number of sulfonamides is 1. The topological polar surface area (TPSA) is 75.7 Å². The van der Waals surface area contributed by atoms with E-state index >= 15 is 0 Å². The molecule has 146 valence electrons. The fraction of sp³-hybridized carbons (Fsp3) is 0.105. The van der Waals surface area contributed by atoms with Crippen LogP contribution in [0.2, 0.25) is 5.02 Å². The van der Waals surface area contributed by atoms with Crippen molar-refractivity contribution in [1.82, 2.24) is 4.31 Å². The molecule has 3 rings (SSSR count). The summed E-state index contributed by atoms with van der Waals surface area (Å²) in [4.78, 5) is 12.2. The molecule has 0 radical (unpaired) electrons. The lowest BCUT2D eigenvalue weighted by Crippen LogP contribution is -2.34. The molecule has 1 aromatic heterocycles. The molecule has 0 aliphatic carbocycles. The molecule has 2 aromatic carbocycles. The van der Waals surface area contributed by atoms with Crippen LogP contribution in [0.15, 0.2) is 70.3 Å². The Kier molecular flexibility index (Phi) is 6.35. The fourth-order valence-electron chi connectivity index (χ4n) is 2.31. The molecule has 0 spiro atoms. The van der Waals surface area contributed by atoms with Crippen LogP contribution in [-0.4, -0.2) is 32.2 Å². The van der Waals surface area contributed by atoms with Gasteiger partial charge in [-0.15, -0.1) is 11.3 Å². The van der Waals surface area contributed by atoms with Crippen LogP contribution in [0.25, 0.3) is 0 Å². The van der Waals surface area contributed by atoms with Crippen LogP contribution in [-0.2, 0) is 14.8 Å². The zero-order valence-electron chi connectivity index (χ0n) is 14.8. The normalized spacial score (nSPS) is 11.4. The molecule has 9 heteroatoms. The number of benzene rings is 2. The summed E-state index contributed by atoms with van der Waals surface area (Å²) in [5.74, 6) is 0.646. The van der Waals surface area contributed by atoms with Gasteiger partial charge in [-0.3, -0.25) is 4.79 Å². The van der Waals surface area contributed by atoms with E-state index < -0.39 is 15.9 Å². The second-order valence-electron chi connectivity index (χ2n) is 5.80. The molecule has 0 aliphatic rings. The largest absolute Gasteiger partial charge is 0.456 e. The molecular weight excluding hydrogens is 420 g/mol. The Labute approximate surface area is 172 Å². The van der Waals surface area contributed by atoms with Crippen molar-refractivity contribution >= 4 is 44.6 Å². The number of rotatable bonds is 7. The summed E-state index contributed by atoms with van der Waals surface area (Å²) in [7, 11) is -2.30. The van der Waals surface area contributed by atoms with Gasteiger partial charge in [-0.1, -0.05) is 29.8 Å². The fourth-order valence-corrected chi connectivity index (χ4v) is 4.81. The number of anilines is 1. The molecule has 0 saturated carbocycles. The summed E-state index contributed by atoms with van der Waals surface area (Å²) < 4.78 is 31.6. The van der Waals surface area contributed by atoms with Crippen LogP contribution < -0.4 is 10.1 Å². The Morgan fingerprint density at radius 1 is 1.11 bits per heavy atom. The lowest BCUT2D eigenvalue weighted by molar-refractivity contribution is -0.116. The molecule has 28 heavy (non-hydrogen) atoms. The maximum Gasteiger partial charge on any atom is 0.252 e. The van der Waals surface area contributed by atoms with E-state index in [1.165, 1.54) is 13.1 Å². The quantitative estimate of drug-likeness (QED) is 0.593. The number of hydrogen-bond donors (Lipinski definition) is 1. The van der Waals surface area contributed by atoms with Crippen molar-refractivity contribution in [3.63, 3.8) is 0 Å². The number of thiophene rings is 1. The van der Waals surface area contributed by atoms with Crippen LogP contribution in [0.3, 0.4) is 0 Å². The Morgan fingerprint density at radius 2 is 1.82 bits per heavy atom. The Bertz CT molecular complexity index is 1050. The number of hydrogen-bond acceptors (Lipinski definition) is 5. The lowest BCUT2D eigenvalue weighted by Gasteiger charge is -2.16. The molecule has 0 aliphatic heterocycles. The number of nitrogens with one attached hydrogen (secondary N) is 1. The number of nitrogens with zero attached hydrogens (tertiary/aromatic N) is 1. The van der Waals surface area contributed by atoms with Gasteiger partial charge in [0.1, 0.15) is 15.7 Å². The minimum atomic E-state index is -3.67. The Morgan fingerprint density at radius 3 is 2.46 bits per heavy atom. The van der Waals surface area contributed by atoms with Crippen molar-refractivity contribution < 1.29 is 17.9 Å². The third kappa shape index (κ3) is 4.90. The van der Waals surface area contributed by atoms with E-state index in [2.05, 4.69) is 5.32 Å². The molecule has 1 N–H and O–H groups in total. The third-order valence-electron chi connectivity index (χ3n) is 3.73. The highest BCUT2D eigenvalue weighted by Crippen LogP contribution is 2.29. The van der Waals surface area contributed by atoms with Crippen molar-refractivity contribution in [3.05, 3.63) is 71.1 Å². The number of carbonyl (C=O) groups is 1. The van der Waals surface area contributed by atoms with Crippen LogP contribution in [0.1, 0.15) is 0 Å².